The molecule has 0 radical (unpaired) electrons. The minimum absolute atomic E-state index is 0.356. The molecule has 0 unspecified atom stereocenters. The summed E-state index contributed by atoms with van der Waals surface area (Å²) in [7, 11) is 1.54. The molecule has 2 aromatic carbocycles. The number of ether oxygens (including phenoxy) is 2. The molecule has 0 spiro atoms. The predicted octanol–water partition coefficient (Wildman–Crippen LogP) is 3.64. The number of anilines is 1. The topological polar surface area (TPSA) is 64.6 Å². The highest BCUT2D eigenvalue weighted by atomic mass is 79.9. The van der Waals surface area contributed by atoms with Gasteiger partial charge in [0.2, 0.25) is 0 Å². The van der Waals surface area contributed by atoms with Crippen LogP contribution in [0.15, 0.2) is 53.0 Å². The van der Waals surface area contributed by atoms with Crippen LogP contribution in [0.2, 0.25) is 0 Å². The van der Waals surface area contributed by atoms with E-state index in [2.05, 4.69) is 21.2 Å². The van der Waals surface area contributed by atoms with Gasteiger partial charge in [-0.25, -0.2) is 4.79 Å². The first-order valence-electron chi connectivity index (χ1n) is 6.91. The van der Waals surface area contributed by atoms with Crippen LogP contribution < -0.4 is 10.1 Å². The van der Waals surface area contributed by atoms with Gasteiger partial charge in [0.1, 0.15) is 5.75 Å². The maximum atomic E-state index is 12.0. The maximum Gasteiger partial charge on any atom is 0.338 e. The van der Waals surface area contributed by atoms with Crippen LogP contribution in [0.5, 0.6) is 5.75 Å². The van der Waals surface area contributed by atoms with Crippen molar-refractivity contribution in [2.24, 2.45) is 0 Å². The predicted molar refractivity (Wildman–Crippen MR) is 90.6 cm³/mol. The van der Waals surface area contributed by atoms with E-state index < -0.39 is 18.0 Å². The molecule has 23 heavy (non-hydrogen) atoms. The van der Waals surface area contributed by atoms with Crippen molar-refractivity contribution in [3.05, 3.63) is 58.6 Å². The van der Waals surface area contributed by atoms with E-state index in [1.54, 1.807) is 43.5 Å². The van der Waals surface area contributed by atoms with Gasteiger partial charge in [0.15, 0.2) is 6.10 Å². The maximum absolute atomic E-state index is 12.0. The Bertz CT molecular complexity index is 683. The summed E-state index contributed by atoms with van der Waals surface area (Å²) in [6.45, 7) is 1.52. The lowest BCUT2D eigenvalue weighted by atomic mass is 10.2. The number of carbonyl (C=O) groups is 2. The van der Waals surface area contributed by atoms with Gasteiger partial charge in [0.25, 0.3) is 5.91 Å². The minimum atomic E-state index is -0.909. The van der Waals surface area contributed by atoms with E-state index >= 15 is 0 Å². The third-order valence-corrected chi connectivity index (χ3v) is 3.62. The summed E-state index contributed by atoms with van der Waals surface area (Å²) in [6.07, 6.45) is -0.909. The molecule has 0 aliphatic rings. The Hall–Kier alpha value is -2.34. The van der Waals surface area contributed by atoms with Gasteiger partial charge in [-0.1, -0.05) is 15.9 Å². The van der Waals surface area contributed by atoms with Crippen molar-refractivity contribution in [1.82, 2.24) is 0 Å². The molecule has 2 rings (SSSR count). The highest BCUT2D eigenvalue weighted by Gasteiger charge is 2.19. The Morgan fingerprint density at radius 2 is 1.65 bits per heavy atom. The largest absolute Gasteiger partial charge is 0.497 e. The average molecular weight is 378 g/mol. The molecule has 1 N–H and O–H groups in total. The van der Waals surface area contributed by atoms with Crippen molar-refractivity contribution in [3.8, 4) is 5.75 Å². The number of hydrogen-bond acceptors (Lipinski definition) is 4. The van der Waals surface area contributed by atoms with Crippen molar-refractivity contribution in [2.45, 2.75) is 13.0 Å². The fourth-order valence-corrected chi connectivity index (χ4v) is 2.05. The zero-order valence-corrected chi connectivity index (χ0v) is 14.3. The Morgan fingerprint density at radius 3 is 2.22 bits per heavy atom. The normalized spacial score (nSPS) is 11.4. The van der Waals surface area contributed by atoms with Crippen molar-refractivity contribution in [2.75, 3.05) is 12.4 Å². The first kappa shape index (κ1) is 17.0. The number of rotatable bonds is 5. The quantitative estimate of drug-likeness (QED) is 0.807. The summed E-state index contributed by atoms with van der Waals surface area (Å²) in [6, 6.07) is 13.6. The monoisotopic (exact) mass is 377 g/mol. The molecule has 6 heteroatoms. The van der Waals surface area contributed by atoms with Gasteiger partial charge in [0, 0.05) is 10.2 Å². The number of benzene rings is 2. The number of esters is 1. The fourth-order valence-electron chi connectivity index (χ4n) is 1.79. The van der Waals surface area contributed by atoms with Crippen LogP contribution in [0, 0.1) is 0 Å². The van der Waals surface area contributed by atoms with E-state index in [1.165, 1.54) is 6.92 Å². The van der Waals surface area contributed by atoms with Crippen molar-refractivity contribution < 1.29 is 19.1 Å². The summed E-state index contributed by atoms with van der Waals surface area (Å²) in [5.41, 5.74) is 0.986. The molecule has 0 saturated heterocycles. The van der Waals surface area contributed by atoms with Crippen LogP contribution in [-0.2, 0) is 9.53 Å². The van der Waals surface area contributed by atoms with Crippen molar-refractivity contribution in [1.29, 1.82) is 0 Å². The molecule has 0 aliphatic heterocycles. The van der Waals surface area contributed by atoms with E-state index in [9.17, 15) is 9.59 Å². The molecule has 0 aliphatic carbocycles. The van der Waals surface area contributed by atoms with Crippen LogP contribution >= 0.6 is 15.9 Å². The van der Waals surface area contributed by atoms with Gasteiger partial charge >= 0.3 is 5.97 Å². The Kier molecular flexibility index (Phi) is 5.76. The number of halogens is 1. The lowest BCUT2D eigenvalue weighted by Crippen LogP contribution is -2.29. The molecule has 0 saturated carbocycles. The summed E-state index contributed by atoms with van der Waals surface area (Å²) >= 11 is 3.32. The molecule has 5 nitrogen and oxygen atoms in total. The average Bonchev–Trinajstić information content (AvgIpc) is 2.56. The SMILES string of the molecule is COc1ccc(C(=O)O[C@H](C)C(=O)Nc2ccc(Br)cc2)cc1. The van der Waals surface area contributed by atoms with Crippen LogP contribution in [0.3, 0.4) is 0 Å². The number of nitrogens with one attached hydrogen (secondary N) is 1. The lowest BCUT2D eigenvalue weighted by molar-refractivity contribution is -0.123. The van der Waals surface area contributed by atoms with Crippen molar-refractivity contribution in [3.63, 3.8) is 0 Å². The van der Waals surface area contributed by atoms with Crippen LogP contribution in [0.4, 0.5) is 5.69 Å². The molecule has 1 atom stereocenters. The summed E-state index contributed by atoms with van der Waals surface area (Å²) in [4.78, 5) is 24.1. The zero-order chi connectivity index (χ0) is 16.8. The smallest absolute Gasteiger partial charge is 0.338 e. The minimum Gasteiger partial charge on any atom is -0.497 e. The van der Waals surface area contributed by atoms with E-state index in [0.29, 0.717) is 17.0 Å². The summed E-state index contributed by atoms with van der Waals surface area (Å²) < 4.78 is 11.1. The lowest BCUT2D eigenvalue weighted by Gasteiger charge is -2.13. The molecule has 0 bridgehead atoms. The molecule has 2 aromatic rings. The molecule has 1 amide bonds. The van der Waals surface area contributed by atoms with Crippen molar-refractivity contribution >= 4 is 33.5 Å². The summed E-state index contributed by atoms with van der Waals surface area (Å²) in [5.74, 6) is -0.317. The number of carbonyl (C=O) groups excluding carboxylic acids is 2. The van der Waals surface area contributed by atoms with E-state index in [1.807, 2.05) is 12.1 Å². The molecule has 0 fully saturated rings. The first-order valence-corrected chi connectivity index (χ1v) is 7.70. The molecule has 0 heterocycles. The molecule has 0 aromatic heterocycles. The standard InChI is InChI=1S/C17H16BrNO4/c1-11(16(20)19-14-7-5-13(18)6-8-14)23-17(21)12-3-9-15(22-2)10-4-12/h3-11H,1-2H3,(H,19,20)/t11-/m1/s1. The van der Waals surface area contributed by atoms with E-state index in [4.69, 9.17) is 9.47 Å². The highest BCUT2D eigenvalue weighted by molar-refractivity contribution is 9.10. The fraction of sp³-hybridized carbons (Fsp3) is 0.176. The molecular weight excluding hydrogens is 362 g/mol. The van der Waals surface area contributed by atoms with E-state index in [0.717, 1.165) is 4.47 Å². The number of amides is 1. The third kappa shape index (κ3) is 4.82. The second-order valence-corrected chi connectivity index (χ2v) is 5.69. The van der Waals surface area contributed by atoms with Crippen LogP contribution in [-0.4, -0.2) is 25.1 Å². The molecule has 120 valence electrons. The Labute approximate surface area is 142 Å². The Morgan fingerprint density at radius 1 is 1.04 bits per heavy atom. The Balaban J connectivity index is 1.94. The van der Waals surface area contributed by atoms with Gasteiger partial charge in [-0.15, -0.1) is 0 Å². The summed E-state index contributed by atoms with van der Waals surface area (Å²) in [5, 5.41) is 2.69. The second kappa shape index (κ2) is 7.78. The van der Waals surface area contributed by atoms with Gasteiger partial charge < -0.3 is 14.8 Å². The van der Waals surface area contributed by atoms with Gasteiger partial charge in [-0.2, -0.15) is 0 Å². The zero-order valence-electron chi connectivity index (χ0n) is 12.7. The van der Waals surface area contributed by atoms with Crippen LogP contribution in [0.1, 0.15) is 17.3 Å². The van der Waals surface area contributed by atoms with Crippen LogP contribution in [0.25, 0.3) is 0 Å². The number of hydrogen-bond donors (Lipinski definition) is 1. The van der Waals surface area contributed by atoms with Gasteiger partial charge in [-0.05, 0) is 55.5 Å². The van der Waals surface area contributed by atoms with Gasteiger partial charge in [0.05, 0.1) is 12.7 Å². The molecular formula is C17H16BrNO4. The number of methoxy groups -OCH3 is 1. The third-order valence-electron chi connectivity index (χ3n) is 3.09. The highest BCUT2D eigenvalue weighted by Crippen LogP contribution is 2.15. The first-order chi connectivity index (χ1) is 11.0. The van der Waals surface area contributed by atoms with Gasteiger partial charge in [-0.3, -0.25) is 4.79 Å². The second-order valence-electron chi connectivity index (χ2n) is 4.77. The van der Waals surface area contributed by atoms with E-state index in [-0.39, 0.29) is 0 Å².